The lowest BCUT2D eigenvalue weighted by Gasteiger charge is -2.06. The number of anilines is 2. The van der Waals surface area contributed by atoms with Gasteiger partial charge in [0, 0.05) is 30.5 Å². The Morgan fingerprint density at radius 1 is 1.43 bits per heavy atom. The molecule has 0 atom stereocenters. The number of benzene rings is 1. The van der Waals surface area contributed by atoms with Crippen molar-refractivity contribution in [1.29, 1.82) is 0 Å². The lowest BCUT2D eigenvalue weighted by molar-refractivity contribution is -0.384. The molecule has 0 saturated heterocycles. The monoisotopic (exact) mass is 306 g/mol. The van der Waals surface area contributed by atoms with E-state index in [1.807, 2.05) is 12.3 Å². The number of hydrogen-bond acceptors (Lipinski definition) is 6. The quantitative estimate of drug-likeness (QED) is 0.466. The molecule has 1 aromatic carbocycles. The summed E-state index contributed by atoms with van der Waals surface area (Å²) >= 11 is 1.51. The first-order valence-electron chi connectivity index (χ1n) is 6.77. The van der Waals surface area contributed by atoms with Gasteiger partial charge in [-0.1, -0.05) is 13.0 Å². The Morgan fingerprint density at radius 3 is 2.95 bits per heavy atom. The van der Waals surface area contributed by atoms with Crippen molar-refractivity contribution in [1.82, 2.24) is 10.3 Å². The highest BCUT2D eigenvalue weighted by Crippen LogP contribution is 2.27. The van der Waals surface area contributed by atoms with Gasteiger partial charge in [0.2, 0.25) is 0 Å². The number of rotatable bonds is 7. The highest BCUT2D eigenvalue weighted by molar-refractivity contribution is 7.13. The van der Waals surface area contributed by atoms with E-state index in [2.05, 4.69) is 22.5 Å². The van der Waals surface area contributed by atoms with Crippen LogP contribution in [0.25, 0.3) is 0 Å². The van der Waals surface area contributed by atoms with Crippen LogP contribution in [0.15, 0.2) is 23.6 Å². The topological polar surface area (TPSA) is 80.1 Å². The van der Waals surface area contributed by atoms with Crippen molar-refractivity contribution in [2.75, 3.05) is 18.4 Å². The summed E-state index contributed by atoms with van der Waals surface area (Å²) in [7, 11) is 0. The van der Waals surface area contributed by atoms with E-state index in [9.17, 15) is 10.1 Å². The van der Waals surface area contributed by atoms with Crippen LogP contribution in [0.5, 0.6) is 0 Å². The van der Waals surface area contributed by atoms with Crippen molar-refractivity contribution in [3.05, 3.63) is 45.0 Å². The molecule has 21 heavy (non-hydrogen) atoms. The Hall–Kier alpha value is -1.99. The third kappa shape index (κ3) is 4.24. The van der Waals surface area contributed by atoms with Crippen molar-refractivity contribution >= 4 is 27.8 Å². The largest absolute Gasteiger partial charge is 0.331 e. The second kappa shape index (κ2) is 7.14. The van der Waals surface area contributed by atoms with E-state index in [0.717, 1.165) is 41.6 Å². The number of aryl methyl sites for hydroxylation is 1. The molecule has 2 aromatic rings. The standard InChI is InChI=1S/C14H18N4O2S/c1-3-15-7-6-11-9-21-14(16-11)17-13-8-12(18(19)20)5-4-10(13)2/h4-5,8-9,15H,3,6-7H2,1-2H3,(H,16,17). The fraction of sp³-hybridized carbons (Fsp3) is 0.357. The summed E-state index contributed by atoms with van der Waals surface area (Å²) in [5.41, 5.74) is 2.76. The summed E-state index contributed by atoms with van der Waals surface area (Å²) < 4.78 is 0. The maximum atomic E-state index is 10.8. The Balaban J connectivity index is 2.07. The number of likely N-dealkylation sites (N-methyl/N-ethyl adjacent to an activating group) is 1. The van der Waals surface area contributed by atoms with Gasteiger partial charge in [-0.25, -0.2) is 4.98 Å². The average Bonchev–Trinajstić information content (AvgIpc) is 2.89. The van der Waals surface area contributed by atoms with E-state index < -0.39 is 4.92 Å². The van der Waals surface area contributed by atoms with Gasteiger partial charge in [-0.3, -0.25) is 10.1 Å². The first kappa shape index (κ1) is 15.4. The zero-order valence-electron chi connectivity index (χ0n) is 12.0. The van der Waals surface area contributed by atoms with Crippen LogP contribution < -0.4 is 10.6 Å². The van der Waals surface area contributed by atoms with E-state index >= 15 is 0 Å². The van der Waals surface area contributed by atoms with Gasteiger partial charge >= 0.3 is 0 Å². The SMILES string of the molecule is CCNCCc1csc(Nc2cc([N+](=O)[O-])ccc2C)n1. The van der Waals surface area contributed by atoms with Crippen LogP contribution in [-0.4, -0.2) is 23.0 Å². The van der Waals surface area contributed by atoms with E-state index in [0.29, 0.717) is 0 Å². The first-order valence-corrected chi connectivity index (χ1v) is 7.65. The van der Waals surface area contributed by atoms with Crippen LogP contribution in [0.1, 0.15) is 18.2 Å². The minimum atomic E-state index is -0.395. The minimum absolute atomic E-state index is 0.0759. The van der Waals surface area contributed by atoms with Gasteiger partial charge < -0.3 is 10.6 Å². The summed E-state index contributed by atoms with van der Waals surface area (Å²) in [5, 5.41) is 20.0. The second-order valence-corrected chi connectivity index (χ2v) is 5.49. The number of nitro benzene ring substituents is 1. The van der Waals surface area contributed by atoms with Crippen LogP contribution in [0.4, 0.5) is 16.5 Å². The molecular weight excluding hydrogens is 288 g/mol. The molecule has 2 rings (SSSR count). The third-order valence-corrected chi connectivity index (χ3v) is 3.84. The van der Waals surface area contributed by atoms with Gasteiger partial charge in [0.25, 0.3) is 5.69 Å². The maximum absolute atomic E-state index is 10.8. The Morgan fingerprint density at radius 2 is 2.24 bits per heavy atom. The number of nitro groups is 1. The summed E-state index contributed by atoms with van der Waals surface area (Å²) in [4.78, 5) is 14.9. The maximum Gasteiger partial charge on any atom is 0.271 e. The molecule has 0 amide bonds. The zero-order valence-corrected chi connectivity index (χ0v) is 12.9. The van der Waals surface area contributed by atoms with Crippen molar-refractivity contribution in [3.63, 3.8) is 0 Å². The molecule has 0 radical (unpaired) electrons. The summed E-state index contributed by atoms with van der Waals surface area (Å²) in [6.45, 7) is 5.82. The number of non-ortho nitro benzene ring substituents is 1. The van der Waals surface area contributed by atoms with Gasteiger partial charge in [-0.2, -0.15) is 0 Å². The van der Waals surface area contributed by atoms with Gasteiger partial charge in [0.1, 0.15) is 0 Å². The third-order valence-electron chi connectivity index (χ3n) is 3.03. The molecule has 7 heteroatoms. The molecule has 0 fully saturated rings. The molecule has 0 spiro atoms. The smallest absolute Gasteiger partial charge is 0.271 e. The van der Waals surface area contributed by atoms with Crippen molar-refractivity contribution in [2.45, 2.75) is 20.3 Å². The predicted molar refractivity (Wildman–Crippen MR) is 85.5 cm³/mol. The van der Waals surface area contributed by atoms with Gasteiger partial charge in [0.15, 0.2) is 5.13 Å². The molecule has 0 unspecified atom stereocenters. The minimum Gasteiger partial charge on any atom is -0.331 e. The van der Waals surface area contributed by atoms with E-state index in [-0.39, 0.29) is 5.69 Å². The summed E-state index contributed by atoms with van der Waals surface area (Å²) in [6.07, 6.45) is 0.875. The molecule has 0 aliphatic carbocycles. The lowest BCUT2D eigenvalue weighted by Crippen LogP contribution is -2.16. The Kier molecular flexibility index (Phi) is 5.24. The molecule has 2 N–H and O–H groups in total. The number of hydrogen-bond donors (Lipinski definition) is 2. The highest BCUT2D eigenvalue weighted by atomic mass is 32.1. The number of thiazole rings is 1. The second-order valence-electron chi connectivity index (χ2n) is 4.63. The van der Waals surface area contributed by atoms with Crippen LogP contribution in [0.3, 0.4) is 0 Å². The van der Waals surface area contributed by atoms with Crippen molar-refractivity contribution in [2.24, 2.45) is 0 Å². The van der Waals surface area contributed by atoms with Crippen LogP contribution in [0, 0.1) is 17.0 Å². The van der Waals surface area contributed by atoms with E-state index in [1.54, 1.807) is 6.07 Å². The van der Waals surface area contributed by atoms with Crippen LogP contribution in [0.2, 0.25) is 0 Å². The fourth-order valence-electron chi connectivity index (χ4n) is 1.85. The van der Waals surface area contributed by atoms with Crippen LogP contribution in [-0.2, 0) is 6.42 Å². The fourth-order valence-corrected chi connectivity index (χ4v) is 2.60. The summed E-state index contributed by atoms with van der Waals surface area (Å²) in [5.74, 6) is 0. The number of nitrogens with one attached hydrogen (secondary N) is 2. The normalized spacial score (nSPS) is 10.6. The number of nitrogens with zero attached hydrogens (tertiary/aromatic N) is 2. The molecule has 0 saturated carbocycles. The van der Waals surface area contributed by atoms with Crippen molar-refractivity contribution in [3.8, 4) is 0 Å². The van der Waals surface area contributed by atoms with Gasteiger partial charge in [-0.15, -0.1) is 11.3 Å². The van der Waals surface area contributed by atoms with E-state index in [4.69, 9.17) is 0 Å². The highest BCUT2D eigenvalue weighted by Gasteiger charge is 2.10. The molecule has 0 bridgehead atoms. The molecule has 0 aliphatic heterocycles. The van der Waals surface area contributed by atoms with Crippen LogP contribution >= 0.6 is 11.3 Å². The lowest BCUT2D eigenvalue weighted by atomic mass is 10.2. The molecule has 112 valence electrons. The molecule has 0 aliphatic rings. The first-order chi connectivity index (χ1) is 10.1. The average molecular weight is 306 g/mol. The van der Waals surface area contributed by atoms with Gasteiger partial charge in [-0.05, 0) is 19.0 Å². The summed E-state index contributed by atoms with van der Waals surface area (Å²) in [6, 6.07) is 4.78. The van der Waals surface area contributed by atoms with Crippen molar-refractivity contribution < 1.29 is 4.92 Å². The molecular formula is C14H18N4O2S. The Bertz CT molecular complexity index is 627. The molecule has 1 aromatic heterocycles. The molecule has 6 nitrogen and oxygen atoms in total. The number of aromatic nitrogens is 1. The molecule has 1 heterocycles. The Labute approximate surface area is 127 Å². The van der Waals surface area contributed by atoms with E-state index in [1.165, 1.54) is 23.5 Å². The van der Waals surface area contributed by atoms with Gasteiger partial charge in [0.05, 0.1) is 16.3 Å². The zero-order chi connectivity index (χ0) is 15.2. The predicted octanol–water partition coefficient (Wildman–Crippen LogP) is 3.26.